The summed E-state index contributed by atoms with van der Waals surface area (Å²) in [6, 6.07) is 0. The Morgan fingerprint density at radius 2 is 2.33 bits per heavy atom. The highest BCUT2D eigenvalue weighted by molar-refractivity contribution is 6.92. The third-order valence-electron chi connectivity index (χ3n) is 0.508. The average molecular weight is 114 g/mol. The molecule has 0 spiro atoms. The highest BCUT2D eigenvalue weighted by Gasteiger charge is 1.57. The first-order valence-corrected chi connectivity index (χ1v) is 8.66. The van der Waals surface area contributed by atoms with Crippen LogP contribution in [0.2, 0.25) is 0 Å². The fourth-order valence-electron chi connectivity index (χ4n) is 0.232. The van der Waals surface area contributed by atoms with E-state index in [1.54, 1.807) is 0 Å². The lowest BCUT2D eigenvalue weighted by molar-refractivity contribution is 2.11. The number of rotatable bonds is 2. The normalized spacial score (nSPS) is 12.0. The third-order valence-corrected chi connectivity index (χ3v) is 2.67. The van der Waals surface area contributed by atoms with E-state index in [-0.39, 0.29) is 0 Å². The van der Waals surface area contributed by atoms with Gasteiger partial charge in [0, 0.05) is 9.04 Å². The molecule has 0 fully saturated rings. The minimum atomic E-state index is 0.290. The molecule has 0 aliphatic heterocycles. The van der Waals surface area contributed by atoms with E-state index in [9.17, 15) is 0 Å². The molecule has 0 bridgehead atoms. The van der Waals surface area contributed by atoms with E-state index in [2.05, 4.69) is 12.3 Å². The predicted molar refractivity (Wildman–Crippen MR) is 37.8 cm³/mol. The lowest BCUT2D eigenvalue weighted by Gasteiger charge is -1.66. The van der Waals surface area contributed by atoms with Gasteiger partial charge in [0.05, 0.1) is 0 Å². The van der Waals surface area contributed by atoms with E-state index in [0.29, 0.717) is 9.04 Å². The molecule has 0 saturated heterocycles. The first-order chi connectivity index (χ1) is 2.91. The van der Waals surface area contributed by atoms with E-state index in [1.165, 1.54) is 9.76 Å². The second-order valence-corrected chi connectivity index (χ2v) is 4.81. The first kappa shape index (κ1) is 5.91. The predicted octanol–water partition coefficient (Wildman–Crippen LogP) is -0.865. The van der Waals surface area contributed by atoms with Gasteiger partial charge in [-0.1, -0.05) is 18.7 Å². The molecule has 0 aliphatic rings. The maximum atomic E-state index is 3.55. The zero-order valence-corrected chi connectivity index (χ0v) is 7.56. The van der Waals surface area contributed by atoms with Gasteiger partial charge in [0.15, 0.2) is 0 Å². The molecule has 0 aliphatic carbocycles. The summed E-state index contributed by atoms with van der Waals surface area (Å²) in [4.78, 5) is 0. The van der Waals surface area contributed by atoms with Crippen molar-refractivity contribution >= 4 is 18.8 Å². The van der Waals surface area contributed by atoms with Crippen LogP contribution in [0.5, 0.6) is 0 Å². The molecule has 0 nitrogen and oxygen atoms in total. The Balaban J connectivity index is 2.94. The molecule has 0 rings (SSSR count). The Hall–Kier alpha value is -0.0862. The monoisotopic (exact) mass is 114 g/mol. The topological polar surface area (TPSA) is 0 Å². The summed E-state index contributed by atoms with van der Waals surface area (Å²) < 4.78 is 0. The van der Waals surface area contributed by atoms with Crippen LogP contribution in [0.15, 0.2) is 24.4 Å². The summed E-state index contributed by atoms with van der Waals surface area (Å²) in [5, 5.41) is 0. The lowest BCUT2D eigenvalue weighted by Crippen LogP contribution is -1.76. The Morgan fingerprint density at radius 1 is 1.67 bits per heavy atom. The fourth-order valence-corrected chi connectivity index (χ4v) is 1.51. The minimum Gasteiger partial charge on any atom is -0.105 e. The van der Waals surface area contributed by atoms with Crippen molar-refractivity contribution in [1.29, 1.82) is 0 Å². The van der Waals surface area contributed by atoms with Crippen LogP contribution in [0.4, 0.5) is 0 Å². The average Bonchev–Trinajstić information content (AvgIpc) is 1.61. The summed E-state index contributed by atoms with van der Waals surface area (Å²) in [6.07, 6.45) is 3.88. The highest BCUT2D eigenvalue weighted by atomic mass is 29.1. The van der Waals surface area contributed by atoms with Crippen LogP contribution in [0.1, 0.15) is 0 Å². The van der Waals surface area contributed by atoms with E-state index >= 15 is 0 Å². The smallest absolute Gasteiger partial charge is 0.0292 e. The second-order valence-electron chi connectivity index (χ2n) is 1.07. The Bertz CT molecular complexity index is 56.6. The van der Waals surface area contributed by atoms with E-state index in [0.717, 1.165) is 0 Å². The van der Waals surface area contributed by atoms with Gasteiger partial charge in [-0.2, -0.15) is 0 Å². The molecule has 2 heteroatoms. The first-order valence-electron chi connectivity index (χ1n) is 2.19. The molecule has 0 atom stereocenters. The maximum Gasteiger partial charge on any atom is 0.0292 e. The molecular weight excluding hydrogens is 104 g/mol. The number of hydrogen-bond donors (Lipinski definition) is 0. The molecule has 0 heterocycles. The van der Waals surface area contributed by atoms with Crippen molar-refractivity contribution in [3.63, 3.8) is 0 Å². The number of hydrogen-bond acceptors (Lipinski definition) is 0. The molecule has 0 aromatic carbocycles. The van der Waals surface area contributed by atoms with Gasteiger partial charge in [0.25, 0.3) is 0 Å². The van der Waals surface area contributed by atoms with E-state index < -0.39 is 0 Å². The van der Waals surface area contributed by atoms with Gasteiger partial charge in [-0.15, -0.1) is 5.70 Å². The van der Waals surface area contributed by atoms with Crippen molar-refractivity contribution in [2.24, 2.45) is 0 Å². The van der Waals surface area contributed by atoms with Crippen LogP contribution in [0, 0.1) is 0 Å². The van der Waals surface area contributed by atoms with Crippen molar-refractivity contribution in [1.82, 2.24) is 0 Å². The van der Waals surface area contributed by atoms with Crippen LogP contribution in [0.3, 0.4) is 0 Å². The molecule has 0 aromatic heterocycles. The van der Waals surface area contributed by atoms with Crippen LogP contribution in [-0.4, -0.2) is 18.8 Å². The Kier molecular flexibility index (Phi) is 4.84. The zero-order chi connectivity index (χ0) is 4.83. The summed E-state index contributed by atoms with van der Waals surface area (Å²) in [6.45, 7) is 3.55. The van der Waals surface area contributed by atoms with E-state index in [4.69, 9.17) is 0 Å². The molecule has 34 valence electrons. The van der Waals surface area contributed by atoms with Crippen molar-refractivity contribution in [2.75, 3.05) is 0 Å². The third kappa shape index (κ3) is 3.91. The van der Waals surface area contributed by atoms with Crippen molar-refractivity contribution in [3.8, 4) is 0 Å². The molecule has 6 heavy (non-hydrogen) atoms. The van der Waals surface area contributed by atoms with Crippen LogP contribution >= 0.6 is 0 Å². The maximum absolute atomic E-state index is 3.55. The van der Waals surface area contributed by atoms with Crippen molar-refractivity contribution in [2.45, 2.75) is 0 Å². The minimum absolute atomic E-state index is 0.290. The highest BCUT2D eigenvalue weighted by Crippen LogP contribution is 1.64. The number of allylic oxidation sites excluding steroid dienone is 2. The molecule has 0 unspecified atom stereocenters. The summed E-state index contributed by atoms with van der Waals surface area (Å²) in [5.41, 5.74) is 2.26. The summed E-state index contributed by atoms with van der Waals surface area (Å²) >= 11 is 0. The zero-order valence-electron chi connectivity index (χ0n) is 4.15. The summed E-state index contributed by atoms with van der Waals surface area (Å²) in [7, 11) is 1.70. The van der Waals surface area contributed by atoms with E-state index in [1.807, 2.05) is 12.2 Å². The largest absolute Gasteiger partial charge is 0.105 e. The molecule has 0 aromatic rings. The molecule has 0 saturated carbocycles. The van der Waals surface area contributed by atoms with Gasteiger partial charge < -0.3 is 0 Å². The van der Waals surface area contributed by atoms with Gasteiger partial charge >= 0.3 is 0 Å². The molecule has 0 N–H and O–H groups in total. The Labute approximate surface area is 44.0 Å². The van der Waals surface area contributed by atoms with Gasteiger partial charge in [0.1, 0.15) is 0 Å². The van der Waals surface area contributed by atoms with Gasteiger partial charge in [-0.05, 0) is 9.76 Å². The van der Waals surface area contributed by atoms with Crippen LogP contribution < -0.4 is 0 Å². The second kappa shape index (κ2) is 4.91. The fraction of sp³-hybridized carbons (Fsp3) is 0. The summed E-state index contributed by atoms with van der Waals surface area (Å²) in [5.74, 6) is 0. The lowest BCUT2D eigenvalue weighted by atomic mass is 10.6. The van der Waals surface area contributed by atoms with Gasteiger partial charge in [-0.3, -0.25) is 0 Å². The molecule has 0 amide bonds. The van der Waals surface area contributed by atoms with Gasteiger partial charge in [0.2, 0.25) is 0 Å². The molecule has 0 radical (unpaired) electrons. The van der Waals surface area contributed by atoms with Crippen molar-refractivity contribution < 1.29 is 0 Å². The van der Waals surface area contributed by atoms with Crippen LogP contribution in [0.25, 0.3) is 0 Å². The quantitative estimate of drug-likeness (QED) is 0.324. The van der Waals surface area contributed by atoms with Crippen LogP contribution in [-0.2, 0) is 0 Å². The standard InChI is InChI=1S/C4H10Si2/c1-2-3-4-6-5/h2-4H,1,6H2,5H3. The SMILES string of the molecule is C=CC=C[SiH2][SiH3]. The van der Waals surface area contributed by atoms with Crippen molar-refractivity contribution in [3.05, 3.63) is 24.4 Å². The Morgan fingerprint density at radius 3 is 2.50 bits per heavy atom. The molecular formula is C4H10Si2. The van der Waals surface area contributed by atoms with Gasteiger partial charge in [-0.25, -0.2) is 0 Å².